The third-order valence-corrected chi connectivity index (χ3v) is 5.54. The van der Waals surface area contributed by atoms with Crippen molar-refractivity contribution in [1.29, 1.82) is 0 Å². The van der Waals surface area contributed by atoms with Crippen LogP contribution in [0, 0.1) is 0 Å². The molecule has 3 atom stereocenters. The number of piperidine rings is 1. The molecule has 3 rings (SSSR count). The van der Waals surface area contributed by atoms with Gasteiger partial charge in [-0.1, -0.05) is 12.1 Å². The molecule has 0 saturated carbocycles. The van der Waals surface area contributed by atoms with Crippen LogP contribution in [0.4, 0.5) is 4.79 Å². The van der Waals surface area contributed by atoms with Crippen LogP contribution < -0.4 is 4.74 Å². The van der Waals surface area contributed by atoms with Gasteiger partial charge in [0, 0.05) is 25.5 Å². The Balaban J connectivity index is 1.39. The molecule has 1 aromatic rings. The van der Waals surface area contributed by atoms with Crippen molar-refractivity contribution in [3.05, 3.63) is 29.8 Å². The zero-order valence-corrected chi connectivity index (χ0v) is 19.0. The Bertz CT molecular complexity index is 680. The Labute approximate surface area is 185 Å². The molecule has 2 saturated heterocycles. The Morgan fingerprint density at radius 3 is 2.58 bits per heavy atom. The first-order valence-electron chi connectivity index (χ1n) is 11.4. The van der Waals surface area contributed by atoms with Crippen molar-refractivity contribution in [3.63, 3.8) is 0 Å². The number of aliphatic hydroxyl groups excluding tert-OH is 1. The van der Waals surface area contributed by atoms with Crippen molar-refractivity contribution in [2.24, 2.45) is 0 Å². The molecular formula is C24H37NO6. The predicted molar refractivity (Wildman–Crippen MR) is 117 cm³/mol. The van der Waals surface area contributed by atoms with Crippen LogP contribution in [-0.2, 0) is 14.2 Å². The lowest BCUT2D eigenvalue weighted by atomic mass is 9.87. The zero-order valence-electron chi connectivity index (χ0n) is 19.0. The highest BCUT2D eigenvalue weighted by Crippen LogP contribution is 2.30. The second-order valence-electron chi connectivity index (χ2n) is 9.33. The van der Waals surface area contributed by atoms with Crippen LogP contribution in [-0.4, -0.2) is 67.0 Å². The number of rotatable bonds is 7. The number of ether oxygens (including phenoxy) is 4. The van der Waals surface area contributed by atoms with Gasteiger partial charge in [-0.2, -0.15) is 0 Å². The molecule has 3 unspecified atom stereocenters. The van der Waals surface area contributed by atoms with Crippen molar-refractivity contribution in [2.75, 3.05) is 32.9 Å². The molecule has 31 heavy (non-hydrogen) atoms. The molecule has 0 bridgehead atoms. The van der Waals surface area contributed by atoms with E-state index in [0.717, 1.165) is 37.2 Å². The van der Waals surface area contributed by atoms with Crippen LogP contribution in [0.1, 0.15) is 64.4 Å². The number of likely N-dealkylation sites (tertiary alicyclic amines) is 1. The van der Waals surface area contributed by atoms with Gasteiger partial charge in [-0.15, -0.1) is 0 Å². The van der Waals surface area contributed by atoms with Crippen LogP contribution in [0.25, 0.3) is 0 Å². The number of benzene rings is 1. The van der Waals surface area contributed by atoms with Crippen LogP contribution >= 0.6 is 0 Å². The molecule has 0 spiro atoms. The average Bonchev–Trinajstić information content (AvgIpc) is 2.73. The normalized spacial score (nSPS) is 24.6. The fourth-order valence-electron chi connectivity index (χ4n) is 3.93. The fourth-order valence-corrected chi connectivity index (χ4v) is 3.93. The van der Waals surface area contributed by atoms with E-state index in [0.29, 0.717) is 26.2 Å². The van der Waals surface area contributed by atoms with E-state index < -0.39 is 11.7 Å². The summed E-state index contributed by atoms with van der Waals surface area (Å²) < 4.78 is 22.5. The van der Waals surface area contributed by atoms with Crippen molar-refractivity contribution < 1.29 is 28.8 Å². The second-order valence-corrected chi connectivity index (χ2v) is 9.33. The maximum absolute atomic E-state index is 12.2. The van der Waals surface area contributed by atoms with E-state index in [1.807, 2.05) is 45.0 Å². The molecule has 2 aliphatic heterocycles. The van der Waals surface area contributed by atoms with Gasteiger partial charge in [0.1, 0.15) is 11.4 Å². The van der Waals surface area contributed by atoms with Gasteiger partial charge >= 0.3 is 6.09 Å². The lowest BCUT2D eigenvalue weighted by Gasteiger charge is -2.36. The number of carbonyl (C=O) groups excluding carboxylic acids is 1. The van der Waals surface area contributed by atoms with E-state index in [1.54, 1.807) is 4.90 Å². The summed E-state index contributed by atoms with van der Waals surface area (Å²) in [5, 5.41) is 10.6. The standard InChI is InChI=1S/C24H37NO6/c1-24(2,3)31-23(27)25-13-12-20(21(26)17-25)18-8-10-19(11-9-18)28-15-6-16-30-22-7-4-5-14-29-22/h8-11,20-22,26H,4-7,12-17H2,1-3H3. The molecule has 1 amide bonds. The summed E-state index contributed by atoms with van der Waals surface area (Å²) in [6, 6.07) is 7.87. The topological polar surface area (TPSA) is 77.5 Å². The molecular weight excluding hydrogens is 398 g/mol. The van der Waals surface area contributed by atoms with Gasteiger partial charge in [-0.25, -0.2) is 4.79 Å². The number of aliphatic hydroxyl groups is 1. The van der Waals surface area contributed by atoms with E-state index in [-0.39, 0.29) is 24.8 Å². The molecule has 2 fully saturated rings. The Hall–Kier alpha value is -1.83. The first-order valence-corrected chi connectivity index (χ1v) is 11.4. The maximum Gasteiger partial charge on any atom is 0.410 e. The summed E-state index contributed by atoms with van der Waals surface area (Å²) in [7, 11) is 0. The number of β-amino-alcohol motifs (C(OH)–C–C–N with tert-alkyl or cyclic N) is 1. The van der Waals surface area contributed by atoms with E-state index in [4.69, 9.17) is 18.9 Å². The Morgan fingerprint density at radius 1 is 1.16 bits per heavy atom. The van der Waals surface area contributed by atoms with Crippen LogP contribution in [0.5, 0.6) is 5.75 Å². The molecule has 7 nitrogen and oxygen atoms in total. The SMILES string of the molecule is CC(C)(C)OC(=O)N1CCC(c2ccc(OCCCOC3CCCCO3)cc2)C(O)C1. The van der Waals surface area contributed by atoms with E-state index in [9.17, 15) is 9.90 Å². The number of carbonyl (C=O) groups is 1. The Kier molecular flexibility index (Phi) is 8.58. The molecule has 0 radical (unpaired) electrons. The van der Waals surface area contributed by atoms with Gasteiger partial charge in [-0.05, 0) is 64.2 Å². The zero-order chi connectivity index (χ0) is 22.3. The fraction of sp³-hybridized carbons (Fsp3) is 0.708. The van der Waals surface area contributed by atoms with Crippen molar-refractivity contribution in [1.82, 2.24) is 4.90 Å². The predicted octanol–water partition coefficient (Wildman–Crippen LogP) is 4.08. The monoisotopic (exact) mass is 435 g/mol. The summed E-state index contributed by atoms with van der Waals surface area (Å²) in [4.78, 5) is 13.8. The van der Waals surface area contributed by atoms with Crippen LogP contribution in [0.3, 0.4) is 0 Å². The minimum absolute atomic E-state index is 0.00312. The number of amides is 1. The molecule has 1 aromatic carbocycles. The summed E-state index contributed by atoms with van der Waals surface area (Å²) in [6.45, 7) is 8.39. The average molecular weight is 436 g/mol. The number of hydrogen-bond acceptors (Lipinski definition) is 6. The highest BCUT2D eigenvalue weighted by molar-refractivity contribution is 5.68. The maximum atomic E-state index is 12.2. The summed E-state index contributed by atoms with van der Waals surface area (Å²) in [6.07, 6.45) is 3.73. The van der Waals surface area contributed by atoms with Crippen molar-refractivity contribution in [2.45, 2.75) is 76.8 Å². The van der Waals surface area contributed by atoms with Crippen LogP contribution in [0.2, 0.25) is 0 Å². The lowest BCUT2D eigenvalue weighted by Crippen LogP contribution is -2.47. The van der Waals surface area contributed by atoms with Crippen molar-refractivity contribution in [3.8, 4) is 5.75 Å². The quantitative estimate of drug-likeness (QED) is 0.650. The largest absolute Gasteiger partial charge is 0.494 e. The van der Waals surface area contributed by atoms with Gasteiger partial charge in [0.05, 0.1) is 25.9 Å². The summed E-state index contributed by atoms with van der Waals surface area (Å²) in [5.74, 6) is 0.801. The van der Waals surface area contributed by atoms with E-state index in [1.165, 1.54) is 6.42 Å². The smallest absolute Gasteiger partial charge is 0.410 e. The summed E-state index contributed by atoms with van der Waals surface area (Å²) in [5.41, 5.74) is 0.520. The van der Waals surface area contributed by atoms with E-state index >= 15 is 0 Å². The van der Waals surface area contributed by atoms with Crippen LogP contribution in [0.15, 0.2) is 24.3 Å². The van der Waals surface area contributed by atoms with E-state index in [2.05, 4.69) is 0 Å². The van der Waals surface area contributed by atoms with Gasteiger partial charge in [0.2, 0.25) is 0 Å². The highest BCUT2D eigenvalue weighted by atomic mass is 16.7. The van der Waals surface area contributed by atoms with Gasteiger partial charge in [0.15, 0.2) is 6.29 Å². The molecule has 0 aliphatic carbocycles. The highest BCUT2D eigenvalue weighted by Gasteiger charge is 2.33. The first-order chi connectivity index (χ1) is 14.8. The second kappa shape index (κ2) is 11.2. The Morgan fingerprint density at radius 2 is 1.94 bits per heavy atom. The molecule has 0 aromatic heterocycles. The molecule has 7 heteroatoms. The number of nitrogens with zero attached hydrogens (tertiary/aromatic N) is 1. The lowest BCUT2D eigenvalue weighted by molar-refractivity contribution is -0.163. The minimum atomic E-state index is -0.618. The molecule has 2 heterocycles. The third-order valence-electron chi connectivity index (χ3n) is 5.54. The van der Waals surface area contributed by atoms with Crippen molar-refractivity contribution >= 4 is 6.09 Å². The third kappa shape index (κ3) is 7.66. The first kappa shape index (κ1) is 23.8. The molecule has 1 N–H and O–H groups in total. The van der Waals surface area contributed by atoms with Gasteiger partial charge < -0.3 is 29.0 Å². The molecule has 174 valence electrons. The minimum Gasteiger partial charge on any atom is -0.494 e. The number of hydrogen-bond donors (Lipinski definition) is 1. The summed E-state index contributed by atoms with van der Waals surface area (Å²) >= 11 is 0. The van der Waals surface area contributed by atoms with Gasteiger partial charge in [0.25, 0.3) is 0 Å². The van der Waals surface area contributed by atoms with Gasteiger partial charge in [-0.3, -0.25) is 0 Å². The molecule has 2 aliphatic rings.